The summed E-state index contributed by atoms with van der Waals surface area (Å²) in [5.41, 5.74) is 7.72. The summed E-state index contributed by atoms with van der Waals surface area (Å²) >= 11 is 0. The van der Waals surface area contributed by atoms with Crippen LogP contribution in [-0.2, 0) is 6.54 Å². The van der Waals surface area contributed by atoms with Gasteiger partial charge in [0.1, 0.15) is 5.75 Å². The number of hydrogen-bond donors (Lipinski definition) is 4. The molecule has 1 fully saturated rings. The summed E-state index contributed by atoms with van der Waals surface area (Å²) in [5.74, 6) is -1.16. The van der Waals surface area contributed by atoms with Crippen LogP contribution < -0.4 is 26.4 Å². The zero-order valence-corrected chi connectivity index (χ0v) is 18.9. The maximum absolute atomic E-state index is 12.7. The van der Waals surface area contributed by atoms with Gasteiger partial charge in [-0.3, -0.25) is 9.59 Å². The van der Waals surface area contributed by atoms with Crippen LogP contribution in [-0.4, -0.2) is 47.3 Å². The van der Waals surface area contributed by atoms with Crippen molar-refractivity contribution in [2.45, 2.75) is 25.4 Å². The fourth-order valence-corrected chi connectivity index (χ4v) is 3.65. The largest absolute Gasteiger partial charge is 0.573 e. The Labute approximate surface area is 204 Å². The van der Waals surface area contributed by atoms with Gasteiger partial charge in [-0.2, -0.15) is 0 Å². The van der Waals surface area contributed by atoms with Crippen molar-refractivity contribution >= 4 is 17.6 Å². The zero-order chi connectivity index (χ0) is 25.7. The average Bonchev–Trinajstić information content (AvgIpc) is 3.36. The lowest BCUT2D eigenvalue weighted by molar-refractivity contribution is -0.274. The smallest absolute Gasteiger partial charge is 0.406 e. The van der Waals surface area contributed by atoms with E-state index in [2.05, 4.69) is 30.7 Å². The van der Waals surface area contributed by atoms with Crippen molar-refractivity contribution in [3.63, 3.8) is 0 Å². The Balaban J connectivity index is 1.42. The predicted octanol–water partition coefficient (Wildman–Crippen LogP) is 2.65. The molecule has 2 heterocycles. The highest BCUT2D eigenvalue weighted by Crippen LogP contribution is 2.23. The summed E-state index contributed by atoms with van der Waals surface area (Å²) in [4.78, 5) is 33.8. The third-order valence-electron chi connectivity index (χ3n) is 5.44. The molecule has 0 spiro atoms. The molecular weight excluding hydrogens is 477 g/mol. The maximum atomic E-state index is 12.7. The zero-order valence-electron chi connectivity index (χ0n) is 18.9. The third-order valence-corrected chi connectivity index (χ3v) is 5.44. The molecule has 0 radical (unpaired) electrons. The van der Waals surface area contributed by atoms with Gasteiger partial charge in [0, 0.05) is 30.3 Å². The highest BCUT2D eigenvalue weighted by atomic mass is 19.4. The number of ether oxygens (including phenoxy) is 1. The number of rotatable bonds is 7. The number of hydrogen-bond acceptors (Lipinski definition) is 7. The molecule has 9 nitrogen and oxygen atoms in total. The van der Waals surface area contributed by atoms with Crippen LogP contribution in [0.5, 0.6) is 5.75 Å². The summed E-state index contributed by atoms with van der Waals surface area (Å²) in [6.45, 7) is 1.58. The van der Waals surface area contributed by atoms with Crippen molar-refractivity contribution in [2.75, 3.05) is 18.8 Å². The minimum absolute atomic E-state index is 0.00255. The molecule has 1 saturated heterocycles. The molecule has 3 aromatic rings. The van der Waals surface area contributed by atoms with Gasteiger partial charge >= 0.3 is 6.36 Å². The van der Waals surface area contributed by atoms with E-state index in [0.29, 0.717) is 28.9 Å². The number of nitrogens with two attached hydrogens (primary N) is 1. The van der Waals surface area contributed by atoms with E-state index in [9.17, 15) is 22.8 Å². The Hall–Kier alpha value is -4.19. The average molecular weight is 500 g/mol. The number of alkyl halides is 3. The first kappa shape index (κ1) is 24.9. The van der Waals surface area contributed by atoms with Crippen LogP contribution in [0.25, 0.3) is 11.3 Å². The molecule has 2 aromatic carbocycles. The van der Waals surface area contributed by atoms with E-state index in [0.717, 1.165) is 13.0 Å². The van der Waals surface area contributed by atoms with Crippen molar-refractivity contribution in [1.29, 1.82) is 0 Å². The van der Waals surface area contributed by atoms with E-state index in [1.54, 1.807) is 24.3 Å². The van der Waals surface area contributed by atoms with Gasteiger partial charge in [-0.05, 0) is 42.8 Å². The first-order valence-electron chi connectivity index (χ1n) is 11.1. The molecule has 0 bridgehead atoms. The third kappa shape index (κ3) is 6.48. The molecule has 36 heavy (non-hydrogen) atoms. The highest BCUT2D eigenvalue weighted by Gasteiger charge is 2.31. The predicted molar refractivity (Wildman–Crippen MR) is 125 cm³/mol. The second kappa shape index (κ2) is 10.6. The van der Waals surface area contributed by atoms with Gasteiger partial charge in [0.2, 0.25) is 0 Å². The number of aromatic nitrogens is 2. The van der Waals surface area contributed by atoms with Crippen molar-refractivity contribution < 1.29 is 27.5 Å². The number of nitrogens with zero attached hydrogens (tertiary/aromatic N) is 2. The lowest BCUT2D eigenvalue weighted by Gasteiger charge is -2.13. The molecule has 1 unspecified atom stereocenters. The fraction of sp³-hybridized carbons (Fsp3) is 0.250. The molecule has 1 aliphatic heterocycles. The highest BCUT2D eigenvalue weighted by molar-refractivity contribution is 5.97. The van der Waals surface area contributed by atoms with Gasteiger partial charge in [-0.15, -0.1) is 13.2 Å². The second-order valence-corrected chi connectivity index (χ2v) is 8.11. The molecule has 4 rings (SSSR count). The van der Waals surface area contributed by atoms with Crippen LogP contribution in [0.3, 0.4) is 0 Å². The lowest BCUT2D eigenvalue weighted by atomic mass is 10.1. The van der Waals surface area contributed by atoms with E-state index >= 15 is 0 Å². The van der Waals surface area contributed by atoms with Crippen molar-refractivity contribution in [3.8, 4) is 17.0 Å². The number of carbonyl (C=O) groups excluding carboxylic acids is 2. The van der Waals surface area contributed by atoms with Crippen LogP contribution in [0.2, 0.25) is 0 Å². The van der Waals surface area contributed by atoms with Gasteiger partial charge in [-0.25, -0.2) is 9.97 Å². The summed E-state index contributed by atoms with van der Waals surface area (Å²) in [7, 11) is 0. The number of nitrogen functional groups attached to an aromatic ring is 1. The van der Waals surface area contributed by atoms with Crippen LogP contribution in [0.1, 0.15) is 32.8 Å². The Morgan fingerprint density at radius 1 is 1.14 bits per heavy atom. The van der Waals surface area contributed by atoms with Gasteiger partial charge in [-0.1, -0.05) is 24.3 Å². The number of carbonyl (C=O) groups is 2. The number of halogens is 3. The Morgan fingerprint density at radius 2 is 1.92 bits per heavy atom. The van der Waals surface area contributed by atoms with Crippen LogP contribution in [0, 0.1) is 0 Å². The van der Waals surface area contributed by atoms with E-state index < -0.39 is 18.2 Å². The Bertz CT molecular complexity index is 1240. The van der Waals surface area contributed by atoms with Gasteiger partial charge in [0.15, 0.2) is 11.5 Å². The number of benzene rings is 2. The molecule has 1 aliphatic rings. The molecule has 0 aliphatic carbocycles. The summed E-state index contributed by atoms with van der Waals surface area (Å²) in [5, 5.41) is 8.75. The monoisotopic (exact) mass is 500 g/mol. The van der Waals surface area contributed by atoms with Crippen molar-refractivity contribution in [2.24, 2.45) is 0 Å². The number of anilines is 1. The molecule has 188 valence electrons. The molecule has 1 aromatic heterocycles. The minimum Gasteiger partial charge on any atom is -0.406 e. The molecule has 5 N–H and O–H groups in total. The molecule has 0 saturated carbocycles. The molecular formula is C24H23F3N6O3. The number of nitrogens with one attached hydrogen (secondary N) is 3. The molecule has 12 heteroatoms. The minimum atomic E-state index is -4.77. The van der Waals surface area contributed by atoms with Gasteiger partial charge < -0.3 is 26.4 Å². The normalized spacial score (nSPS) is 15.4. The summed E-state index contributed by atoms with van der Waals surface area (Å²) in [6, 6.07) is 11.8. The van der Waals surface area contributed by atoms with E-state index in [1.807, 2.05) is 0 Å². The van der Waals surface area contributed by atoms with E-state index in [4.69, 9.17) is 5.73 Å². The molecule has 1 atom stereocenters. The SMILES string of the molecule is Nc1ncc(-c2cccc(C(=O)NCc3ccc(OC(F)(F)F)cc3)c2)nc1C(=O)NC1CCNC1. The standard InChI is InChI=1S/C24H23F3N6O3/c25-24(26,27)36-18-6-4-14(5-7-18)11-31-22(34)16-3-1-2-15(10-16)19-13-30-21(28)20(33-19)23(35)32-17-8-9-29-12-17/h1-7,10,13,17,29H,8-9,11-12H2,(H2,28,30)(H,31,34)(H,32,35). The van der Waals surface area contributed by atoms with Crippen LogP contribution >= 0.6 is 0 Å². The van der Waals surface area contributed by atoms with Gasteiger partial charge in [0.05, 0.1) is 11.9 Å². The van der Waals surface area contributed by atoms with Crippen molar-refractivity contribution in [1.82, 2.24) is 25.9 Å². The van der Waals surface area contributed by atoms with Crippen LogP contribution in [0.15, 0.2) is 54.7 Å². The van der Waals surface area contributed by atoms with Crippen LogP contribution in [0.4, 0.5) is 19.0 Å². The fourth-order valence-electron chi connectivity index (χ4n) is 3.65. The Kier molecular flexibility index (Phi) is 7.34. The topological polar surface area (TPSA) is 131 Å². The summed E-state index contributed by atoms with van der Waals surface area (Å²) in [6.07, 6.45) is -2.54. The second-order valence-electron chi connectivity index (χ2n) is 8.11. The Morgan fingerprint density at radius 3 is 2.61 bits per heavy atom. The number of amides is 2. The summed E-state index contributed by atoms with van der Waals surface area (Å²) < 4.78 is 40.7. The molecule has 2 amide bonds. The van der Waals surface area contributed by atoms with E-state index in [1.165, 1.54) is 30.5 Å². The quantitative estimate of drug-likeness (QED) is 0.392. The first-order chi connectivity index (χ1) is 17.2. The van der Waals surface area contributed by atoms with E-state index in [-0.39, 0.29) is 29.8 Å². The lowest BCUT2D eigenvalue weighted by Crippen LogP contribution is -2.37. The van der Waals surface area contributed by atoms with Crippen molar-refractivity contribution in [3.05, 3.63) is 71.5 Å². The first-order valence-corrected chi connectivity index (χ1v) is 11.1. The maximum Gasteiger partial charge on any atom is 0.573 e. The van der Waals surface area contributed by atoms with Gasteiger partial charge in [0.25, 0.3) is 11.8 Å².